The number of carbonyl (C=O) groups is 2. The summed E-state index contributed by atoms with van der Waals surface area (Å²) >= 11 is 6.32. The first-order valence-electron chi connectivity index (χ1n) is 11.5. The average molecular weight is 463 g/mol. The van der Waals surface area contributed by atoms with Gasteiger partial charge in [0.1, 0.15) is 0 Å². The maximum Gasteiger partial charge on any atom is 0.255 e. The molecule has 2 amide bonds. The Morgan fingerprint density at radius 1 is 1.09 bits per heavy atom. The molecule has 3 aromatic rings. The topological polar surface area (TPSA) is 67.2 Å². The summed E-state index contributed by atoms with van der Waals surface area (Å²) in [7, 11) is 0. The third-order valence-electron chi connectivity index (χ3n) is 6.46. The van der Waals surface area contributed by atoms with Crippen molar-refractivity contribution in [3.05, 3.63) is 81.6 Å². The van der Waals surface area contributed by atoms with Crippen LogP contribution in [-0.2, 0) is 6.54 Å². The number of benzene rings is 2. The fraction of sp³-hybridized carbons (Fsp3) is 0.346. The van der Waals surface area contributed by atoms with Gasteiger partial charge in [0.15, 0.2) is 0 Å². The first-order valence-corrected chi connectivity index (χ1v) is 11.9. The Bertz CT molecular complexity index is 1190. The molecule has 0 radical (unpaired) electrons. The van der Waals surface area contributed by atoms with Crippen molar-refractivity contribution in [3.63, 3.8) is 0 Å². The molecule has 5 rings (SSSR count). The lowest BCUT2D eigenvalue weighted by atomic mass is 10.1. The minimum absolute atomic E-state index is 0.0841. The van der Waals surface area contributed by atoms with E-state index in [1.165, 1.54) is 0 Å². The molecule has 1 N–H and O–H groups in total. The van der Waals surface area contributed by atoms with Crippen molar-refractivity contribution in [2.24, 2.45) is 0 Å². The highest BCUT2D eigenvalue weighted by atomic mass is 35.5. The molecule has 33 heavy (non-hydrogen) atoms. The van der Waals surface area contributed by atoms with E-state index < -0.39 is 0 Å². The second-order valence-electron chi connectivity index (χ2n) is 8.94. The van der Waals surface area contributed by atoms with Crippen molar-refractivity contribution in [2.45, 2.75) is 45.1 Å². The van der Waals surface area contributed by atoms with Gasteiger partial charge in [-0.2, -0.15) is 5.10 Å². The lowest BCUT2D eigenvalue weighted by molar-refractivity contribution is 0.0792. The summed E-state index contributed by atoms with van der Waals surface area (Å²) in [6, 6.07) is 13.3. The van der Waals surface area contributed by atoms with E-state index in [0.29, 0.717) is 28.6 Å². The van der Waals surface area contributed by atoms with E-state index in [1.54, 1.807) is 6.20 Å². The number of likely N-dealkylation sites (tertiary alicyclic amines) is 1. The summed E-state index contributed by atoms with van der Waals surface area (Å²) in [4.78, 5) is 27.4. The number of halogens is 1. The van der Waals surface area contributed by atoms with Crippen LogP contribution in [0.4, 0.5) is 0 Å². The zero-order valence-electron chi connectivity index (χ0n) is 18.7. The monoisotopic (exact) mass is 462 g/mol. The lowest BCUT2D eigenvalue weighted by Crippen LogP contribution is -2.27. The molecule has 2 aromatic carbocycles. The van der Waals surface area contributed by atoms with E-state index in [2.05, 4.69) is 10.4 Å². The molecule has 6 nitrogen and oxygen atoms in total. The zero-order valence-corrected chi connectivity index (χ0v) is 19.4. The van der Waals surface area contributed by atoms with E-state index in [-0.39, 0.29) is 11.8 Å². The molecule has 1 aliphatic heterocycles. The van der Waals surface area contributed by atoms with Gasteiger partial charge in [-0.1, -0.05) is 29.8 Å². The van der Waals surface area contributed by atoms with Gasteiger partial charge in [-0.05, 0) is 68.0 Å². The molecule has 0 bridgehead atoms. The van der Waals surface area contributed by atoms with Crippen molar-refractivity contribution in [1.82, 2.24) is 20.0 Å². The maximum absolute atomic E-state index is 13.0. The molecule has 2 fully saturated rings. The van der Waals surface area contributed by atoms with E-state index in [9.17, 15) is 9.59 Å². The molecule has 2 heterocycles. The molecular formula is C26H27ClN4O2. The van der Waals surface area contributed by atoms with Crippen LogP contribution in [0, 0.1) is 6.92 Å². The fourth-order valence-corrected chi connectivity index (χ4v) is 4.52. The van der Waals surface area contributed by atoms with Crippen LogP contribution in [0.15, 0.2) is 48.7 Å². The number of aryl methyl sites for hydroxylation is 1. The Labute approximate surface area is 198 Å². The summed E-state index contributed by atoms with van der Waals surface area (Å²) in [5.41, 5.74) is 5.07. The van der Waals surface area contributed by atoms with E-state index >= 15 is 0 Å². The minimum atomic E-state index is -0.140. The standard InChI is InChI=1S/C26H27ClN4O2/c1-17-4-11-21(14-23(17)27)31-24(19-9-10-19)22(16-29-31)25(32)28-15-18-5-7-20(8-6-18)26(33)30-12-2-3-13-30/h4-8,11,14,16,19H,2-3,9-10,12-13,15H2,1H3,(H,28,32). The number of amides is 2. The van der Waals surface area contributed by atoms with Crippen LogP contribution in [0.2, 0.25) is 5.02 Å². The molecule has 0 spiro atoms. The van der Waals surface area contributed by atoms with Gasteiger partial charge < -0.3 is 10.2 Å². The number of rotatable bonds is 6. The number of nitrogens with one attached hydrogen (secondary N) is 1. The largest absolute Gasteiger partial charge is 0.348 e. The molecule has 1 saturated carbocycles. The highest BCUT2D eigenvalue weighted by molar-refractivity contribution is 6.31. The van der Waals surface area contributed by atoms with Crippen molar-refractivity contribution in [3.8, 4) is 5.69 Å². The van der Waals surface area contributed by atoms with Gasteiger partial charge >= 0.3 is 0 Å². The molecule has 1 saturated heterocycles. The Morgan fingerprint density at radius 3 is 2.48 bits per heavy atom. The number of carbonyl (C=O) groups excluding carboxylic acids is 2. The van der Waals surface area contributed by atoms with Crippen LogP contribution in [0.3, 0.4) is 0 Å². The Balaban J connectivity index is 1.29. The number of aromatic nitrogens is 2. The zero-order chi connectivity index (χ0) is 22.9. The summed E-state index contributed by atoms with van der Waals surface area (Å²) in [5, 5.41) is 8.21. The van der Waals surface area contributed by atoms with Crippen LogP contribution in [-0.4, -0.2) is 39.6 Å². The second kappa shape index (κ2) is 9.02. The SMILES string of the molecule is Cc1ccc(-n2ncc(C(=O)NCc3ccc(C(=O)N4CCCC4)cc3)c2C2CC2)cc1Cl. The number of hydrogen-bond acceptors (Lipinski definition) is 3. The van der Waals surface area contributed by atoms with Crippen LogP contribution >= 0.6 is 11.6 Å². The fourth-order valence-electron chi connectivity index (χ4n) is 4.35. The summed E-state index contributed by atoms with van der Waals surface area (Å²) in [6.45, 7) is 4.03. The molecule has 0 atom stereocenters. The summed E-state index contributed by atoms with van der Waals surface area (Å²) < 4.78 is 1.84. The Kier molecular flexibility index (Phi) is 5.94. The van der Waals surface area contributed by atoms with Gasteiger partial charge in [0.2, 0.25) is 0 Å². The van der Waals surface area contributed by atoms with E-state index in [4.69, 9.17) is 11.6 Å². The summed E-state index contributed by atoms with van der Waals surface area (Å²) in [6.07, 6.45) is 5.91. The third kappa shape index (κ3) is 4.53. The first kappa shape index (κ1) is 21.7. The van der Waals surface area contributed by atoms with Crippen LogP contribution < -0.4 is 5.32 Å². The predicted octanol–water partition coefficient (Wildman–Crippen LogP) is 4.88. The van der Waals surface area contributed by atoms with Crippen molar-refractivity contribution in [1.29, 1.82) is 0 Å². The normalized spacial score (nSPS) is 15.6. The van der Waals surface area contributed by atoms with Gasteiger partial charge in [0, 0.05) is 36.1 Å². The van der Waals surface area contributed by atoms with Gasteiger partial charge in [0.25, 0.3) is 11.8 Å². The molecule has 2 aliphatic rings. The van der Waals surface area contributed by atoms with Gasteiger partial charge in [-0.3, -0.25) is 9.59 Å². The minimum Gasteiger partial charge on any atom is -0.348 e. The van der Waals surface area contributed by atoms with Crippen LogP contribution in [0.25, 0.3) is 5.69 Å². The van der Waals surface area contributed by atoms with Gasteiger partial charge in [-0.15, -0.1) is 0 Å². The van der Waals surface area contributed by atoms with Gasteiger partial charge in [0.05, 0.1) is 23.1 Å². The maximum atomic E-state index is 13.0. The van der Waals surface area contributed by atoms with Gasteiger partial charge in [-0.25, -0.2) is 4.68 Å². The third-order valence-corrected chi connectivity index (χ3v) is 6.87. The van der Waals surface area contributed by atoms with E-state index in [0.717, 1.165) is 61.3 Å². The van der Waals surface area contributed by atoms with E-state index in [1.807, 2.05) is 59.0 Å². The molecule has 170 valence electrons. The number of hydrogen-bond donors (Lipinski definition) is 1. The quantitative estimate of drug-likeness (QED) is 0.567. The summed E-state index contributed by atoms with van der Waals surface area (Å²) in [5.74, 6) is 0.281. The second-order valence-corrected chi connectivity index (χ2v) is 9.35. The Hall–Kier alpha value is -3.12. The molecule has 1 aromatic heterocycles. The molecule has 7 heteroatoms. The smallest absolute Gasteiger partial charge is 0.255 e. The molecular weight excluding hydrogens is 436 g/mol. The average Bonchev–Trinajstić information content (AvgIpc) is 3.33. The Morgan fingerprint density at radius 2 is 1.82 bits per heavy atom. The van der Waals surface area contributed by atoms with Crippen molar-refractivity contribution < 1.29 is 9.59 Å². The highest BCUT2D eigenvalue weighted by Gasteiger charge is 2.33. The predicted molar refractivity (Wildman–Crippen MR) is 128 cm³/mol. The van der Waals surface area contributed by atoms with Crippen LogP contribution in [0.1, 0.15) is 69.1 Å². The lowest BCUT2D eigenvalue weighted by Gasteiger charge is -2.15. The molecule has 0 unspecified atom stereocenters. The highest BCUT2D eigenvalue weighted by Crippen LogP contribution is 2.42. The van der Waals surface area contributed by atoms with Crippen molar-refractivity contribution in [2.75, 3.05) is 13.1 Å². The molecule has 1 aliphatic carbocycles. The van der Waals surface area contributed by atoms with Crippen molar-refractivity contribution >= 4 is 23.4 Å². The first-order chi connectivity index (χ1) is 16.0. The number of nitrogens with zero attached hydrogens (tertiary/aromatic N) is 3. The van der Waals surface area contributed by atoms with Crippen LogP contribution in [0.5, 0.6) is 0 Å².